The van der Waals surface area contributed by atoms with Crippen LogP contribution in [0.15, 0.2) is 37.4 Å². The van der Waals surface area contributed by atoms with Crippen molar-refractivity contribution in [3.63, 3.8) is 0 Å². The molecule has 0 unspecified atom stereocenters. The van der Waals surface area contributed by atoms with Gasteiger partial charge in [0.1, 0.15) is 0 Å². The molecule has 6 nitrogen and oxygen atoms in total. The molecule has 0 radical (unpaired) electrons. The molecule has 0 atom stereocenters. The topological polar surface area (TPSA) is 112 Å². The van der Waals surface area contributed by atoms with Crippen LogP contribution >= 0.6 is 0 Å². The van der Waals surface area contributed by atoms with Crippen LogP contribution in [0, 0.1) is 0 Å². The summed E-state index contributed by atoms with van der Waals surface area (Å²) < 4.78 is 6.24. The second-order valence-electron chi connectivity index (χ2n) is 2.11. The number of rotatable bonds is 3. The van der Waals surface area contributed by atoms with E-state index in [0.717, 1.165) is 6.08 Å². The van der Waals surface area contributed by atoms with Gasteiger partial charge in [0.25, 0.3) is 0 Å². The third-order valence-electron chi connectivity index (χ3n) is 0.691. The van der Waals surface area contributed by atoms with Crippen LogP contribution in [0.3, 0.4) is 0 Å². The summed E-state index contributed by atoms with van der Waals surface area (Å²) in [6.45, 7) is 10.4. The van der Waals surface area contributed by atoms with Gasteiger partial charge < -0.3 is 15.3 Å². The minimum Gasteiger partial charge on any atom is -0.478 e. The van der Waals surface area contributed by atoms with Crippen LogP contribution in [0.4, 0.5) is 0 Å². The predicted molar refractivity (Wildman–Crippen MR) is 58.1 cm³/mol. The average molecular weight is 231 g/mol. The predicted octanol–water partition coefficient (Wildman–Crippen LogP) is 1.16. The Morgan fingerprint density at radius 1 is 1.12 bits per heavy atom. The lowest BCUT2D eigenvalue weighted by Crippen LogP contribution is -1.92. The first kappa shape index (κ1) is 16.1. The summed E-state index contributed by atoms with van der Waals surface area (Å²) in [5, 5.41) is 23.2. The van der Waals surface area contributed by atoms with Gasteiger partial charge in [-0.15, -0.1) is 0 Å². The van der Waals surface area contributed by atoms with Crippen LogP contribution in [0.5, 0.6) is 0 Å². The number of aliphatic carboxylic acids is 3. The molecule has 0 amide bonds. The van der Waals surface area contributed by atoms with Crippen LogP contribution in [-0.4, -0.2) is 33.2 Å². The highest BCUT2D eigenvalue weighted by Crippen LogP contribution is 1.81. The highest BCUT2D eigenvalue weighted by molar-refractivity contribution is 5.84. The minimum atomic E-state index is -1.27. The highest BCUT2D eigenvalue weighted by Gasteiger charge is 1.90. The molecule has 0 saturated heterocycles. The van der Waals surface area contributed by atoms with E-state index in [9.17, 15) is 14.4 Å². The maximum atomic E-state index is 9.60. The molecule has 0 aliphatic carbocycles. The fourth-order valence-corrected chi connectivity index (χ4v) is 0. The van der Waals surface area contributed by atoms with Crippen molar-refractivity contribution in [2.45, 2.75) is 6.92 Å². The maximum absolute atomic E-state index is 9.60. The molecule has 0 aliphatic rings. The lowest BCUT2D eigenvalue weighted by Gasteiger charge is -1.79. The maximum Gasteiger partial charge on any atom is 0.330 e. The van der Waals surface area contributed by atoms with Crippen molar-refractivity contribution in [1.29, 1.82) is 0 Å². The molecule has 16 heavy (non-hydrogen) atoms. The zero-order chi connectivity index (χ0) is 14.6. The zero-order valence-corrected chi connectivity index (χ0v) is 8.77. The molecule has 0 saturated carbocycles. The van der Waals surface area contributed by atoms with Crippen LogP contribution in [-0.2, 0) is 14.4 Å². The summed E-state index contributed by atoms with van der Waals surface area (Å²) >= 11 is 0. The number of hydrogen-bond donors (Lipinski definition) is 3. The summed E-state index contributed by atoms with van der Waals surface area (Å²) in [4.78, 5) is 28.3. The first-order chi connectivity index (χ1) is 7.56. The van der Waals surface area contributed by atoms with E-state index in [4.69, 9.17) is 16.7 Å². The van der Waals surface area contributed by atoms with E-state index in [0.29, 0.717) is 0 Å². The quantitative estimate of drug-likeness (QED) is 0.628. The van der Waals surface area contributed by atoms with Crippen molar-refractivity contribution >= 4 is 17.9 Å². The van der Waals surface area contributed by atoms with Gasteiger partial charge in [0.15, 0.2) is 0 Å². The molecule has 3 N–H and O–H groups in total. The van der Waals surface area contributed by atoms with E-state index >= 15 is 0 Å². The van der Waals surface area contributed by atoms with Gasteiger partial charge in [-0.2, -0.15) is 0 Å². The number of hydrogen-bond acceptors (Lipinski definition) is 3. The number of carbonyl (C=O) groups is 3. The summed E-state index contributed by atoms with van der Waals surface area (Å²) in [6.07, 6.45) is 0.833. The summed E-state index contributed by atoms with van der Waals surface area (Å²) in [5.41, 5.74) is 0.176. The van der Waals surface area contributed by atoms with E-state index in [-0.39, 0.29) is 5.57 Å². The lowest BCUT2D eigenvalue weighted by atomic mass is 10.4. The normalized spacial score (nSPS) is 7.69. The Hall–Kier alpha value is -2.37. The third kappa shape index (κ3) is 41.5. The molecule has 0 bridgehead atoms. The zero-order valence-electron chi connectivity index (χ0n) is 9.77. The van der Waals surface area contributed by atoms with Gasteiger partial charge >= 0.3 is 17.9 Å². The summed E-state index contributed by atoms with van der Waals surface area (Å²) in [5.74, 6) is -3.19. The fraction of sp³-hybridized carbons (Fsp3) is 0.100. The molecule has 0 aromatic carbocycles. The van der Waals surface area contributed by atoms with Gasteiger partial charge in [-0.3, -0.25) is 0 Å². The van der Waals surface area contributed by atoms with Gasteiger partial charge in [0.2, 0.25) is 0 Å². The summed E-state index contributed by atoms with van der Waals surface area (Å²) in [6, 6.07) is -0.574. The molecule has 0 spiro atoms. The Balaban J connectivity index is -0.000000174. The number of carboxylic acids is 3. The standard InChI is InChI=1S/C4H6O2.2C3H4O2/c1-3(2)4(5)6;2*1-2-3(4)5/h1H2,2H3,(H,5,6);2*2H,1H2,(H,4,5)/i;2D;. The Labute approximate surface area is 94.2 Å². The molecular formula is C10H14O6. The van der Waals surface area contributed by atoms with Gasteiger partial charge in [0.05, 0.1) is 1.37 Å². The first-order valence-electron chi connectivity index (χ1n) is 4.19. The van der Waals surface area contributed by atoms with Crippen molar-refractivity contribution in [1.82, 2.24) is 0 Å². The molecule has 6 heteroatoms. The Bertz CT molecular complexity index is 284. The van der Waals surface area contributed by atoms with E-state index in [1.54, 1.807) is 0 Å². The fourth-order valence-electron chi connectivity index (χ4n) is 0. The van der Waals surface area contributed by atoms with E-state index < -0.39 is 24.0 Å². The lowest BCUT2D eigenvalue weighted by molar-refractivity contribution is -0.133. The van der Waals surface area contributed by atoms with E-state index in [1.165, 1.54) is 6.92 Å². The Morgan fingerprint density at radius 3 is 1.31 bits per heavy atom. The molecule has 0 fully saturated rings. The van der Waals surface area contributed by atoms with Crippen molar-refractivity contribution in [3.05, 3.63) is 37.4 Å². The van der Waals surface area contributed by atoms with Crippen LogP contribution in [0.2, 0.25) is 0 Å². The molecule has 0 rings (SSSR count). The second-order valence-corrected chi connectivity index (χ2v) is 2.11. The van der Waals surface area contributed by atoms with Gasteiger partial charge in [-0.05, 0) is 6.92 Å². The third-order valence-corrected chi connectivity index (χ3v) is 0.691. The van der Waals surface area contributed by atoms with Crippen LogP contribution in [0.25, 0.3) is 0 Å². The van der Waals surface area contributed by atoms with Crippen molar-refractivity contribution in [2.24, 2.45) is 0 Å². The minimum absolute atomic E-state index is 0.176. The Morgan fingerprint density at radius 2 is 1.31 bits per heavy atom. The smallest absolute Gasteiger partial charge is 0.330 e. The van der Waals surface area contributed by atoms with Crippen LogP contribution in [0.1, 0.15) is 8.29 Å². The summed E-state index contributed by atoms with van der Waals surface area (Å²) in [7, 11) is 0. The molecule has 0 heterocycles. The monoisotopic (exact) mass is 231 g/mol. The van der Waals surface area contributed by atoms with Crippen molar-refractivity contribution < 1.29 is 31.1 Å². The molecule has 0 aromatic rings. The van der Waals surface area contributed by atoms with Crippen molar-refractivity contribution in [3.8, 4) is 0 Å². The molecule has 90 valence electrons. The van der Waals surface area contributed by atoms with Crippen LogP contribution < -0.4 is 0 Å². The first-order valence-corrected chi connectivity index (χ1v) is 3.69. The van der Waals surface area contributed by atoms with Gasteiger partial charge in [-0.25, -0.2) is 14.4 Å². The largest absolute Gasteiger partial charge is 0.478 e. The Kier molecular flexibility index (Phi) is 12.7. The van der Waals surface area contributed by atoms with Crippen molar-refractivity contribution in [2.75, 3.05) is 0 Å². The number of carboxylic acid groups (broad SMARTS) is 3. The van der Waals surface area contributed by atoms with E-state index in [2.05, 4.69) is 19.7 Å². The molecule has 0 aromatic heterocycles. The van der Waals surface area contributed by atoms with Gasteiger partial charge in [0, 0.05) is 17.7 Å². The van der Waals surface area contributed by atoms with E-state index in [1.807, 2.05) is 0 Å². The van der Waals surface area contributed by atoms with Gasteiger partial charge in [-0.1, -0.05) is 19.7 Å². The SMILES string of the molecule is C=C(C)C(=O)O.C=CC(=O)O.[2H]C(=C)C(=O)O. The molecular weight excluding hydrogens is 216 g/mol. The molecule has 0 aliphatic heterocycles. The highest BCUT2D eigenvalue weighted by atomic mass is 16.4. The second kappa shape index (κ2) is 12.6. The average Bonchev–Trinajstić information content (AvgIpc) is 2.19.